The predicted octanol–water partition coefficient (Wildman–Crippen LogP) is 3.66. The first-order chi connectivity index (χ1) is 14.8. The summed E-state index contributed by atoms with van der Waals surface area (Å²) in [7, 11) is 0. The second kappa shape index (κ2) is 9.09. The Hall–Kier alpha value is -3.87. The fourth-order valence-electron chi connectivity index (χ4n) is 3.26. The smallest absolute Gasteiger partial charge is 0.255 e. The predicted molar refractivity (Wildman–Crippen MR) is 117 cm³/mol. The van der Waals surface area contributed by atoms with Crippen molar-refractivity contribution < 1.29 is 9.53 Å². The Balaban J connectivity index is 1.38. The molecule has 0 aliphatic carbocycles. The van der Waals surface area contributed by atoms with Crippen molar-refractivity contribution in [3.63, 3.8) is 0 Å². The number of carbonyl (C=O) groups excluding carboxylic acids is 1. The van der Waals surface area contributed by atoms with Crippen LogP contribution in [-0.4, -0.2) is 40.4 Å². The summed E-state index contributed by atoms with van der Waals surface area (Å²) in [6.07, 6.45) is 3.83. The van der Waals surface area contributed by atoms with Crippen LogP contribution >= 0.6 is 0 Å². The SMILES string of the molecule is CCOc1ccc2ccccc2c1C(=O)NCCNc1ccc(-n2cccc2)nn1. The Morgan fingerprint density at radius 1 is 0.967 bits per heavy atom. The van der Waals surface area contributed by atoms with Crippen LogP contribution in [0.3, 0.4) is 0 Å². The average molecular weight is 401 g/mol. The van der Waals surface area contributed by atoms with Gasteiger partial charge in [-0.15, -0.1) is 10.2 Å². The molecule has 0 fully saturated rings. The molecule has 0 aliphatic heterocycles. The van der Waals surface area contributed by atoms with E-state index < -0.39 is 0 Å². The molecule has 4 rings (SSSR count). The molecule has 2 aromatic carbocycles. The molecule has 0 unspecified atom stereocenters. The monoisotopic (exact) mass is 401 g/mol. The first-order valence-corrected chi connectivity index (χ1v) is 9.90. The van der Waals surface area contributed by atoms with E-state index in [0.29, 0.717) is 36.8 Å². The van der Waals surface area contributed by atoms with Crippen LogP contribution in [0.2, 0.25) is 0 Å². The van der Waals surface area contributed by atoms with Crippen molar-refractivity contribution in [1.29, 1.82) is 0 Å². The number of ether oxygens (including phenoxy) is 1. The van der Waals surface area contributed by atoms with Crippen LogP contribution in [0.25, 0.3) is 16.6 Å². The molecule has 7 nitrogen and oxygen atoms in total. The molecule has 2 heterocycles. The lowest BCUT2D eigenvalue weighted by molar-refractivity contribution is 0.0953. The standard InChI is InChI=1S/C23H23N5O2/c1-2-30-19-10-9-17-7-3-4-8-18(17)22(19)23(29)25-14-13-24-20-11-12-21(27-26-20)28-15-5-6-16-28/h3-12,15-16H,2,13-14H2,1H3,(H,24,26)(H,25,29). The molecule has 1 amide bonds. The Labute approximate surface area is 174 Å². The summed E-state index contributed by atoms with van der Waals surface area (Å²) in [4.78, 5) is 12.9. The van der Waals surface area contributed by atoms with Crippen molar-refractivity contribution in [1.82, 2.24) is 20.1 Å². The zero-order chi connectivity index (χ0) is 20.8. The largest absolute Gasteiger partial charge is 0.493 e. The Bertz CT molecular complexity index is 1120. The number of anilines is 1. The number of aromatic nitrogens is 3. The van der Waals surface area contributed by atoms with Gasteiger partial charge in [-0.1, -0.05) is 30.3 Å². The summed E-state index contributed by atoms with van der Waals surface area (Å²) < 4.78 is 7.57. The van der Waals surface area contributed by atoms with Gasteiger partial charge in [0, 0.05) is 25.5 Å². The number of benzene rings is 2. The van der Waals surface area contributed by atoms with E-state index in [0.717, 1.165) is 16.6 Å². The van der Waals surface area contributed by atoms with Gasteiger partial charge in [-0.05, 0) is 48.0 Å². The van der Waals surface area contributed by atoms with E-state index in [1.165, 1.54) is 0 Å². The van der Waals surface area contributed by atoms with Gasteiger partial charge in [-0.3, -0.25) is 4.79 Å². The van der Waals surface area contributed by atoms with Crippen LogP contribution < -0.4 is 15.4 Å². The Kier molecular flexibility index (Phi) is 5.89. The van der Waals surface area contributed by atoms with E-state index >= 15 is 0 Å². The molecule has 152 valence electrons. The van der Waals surface area contributed by atoms with Gasteiger partial charge >= 0.3 is 0 Å². The summed E-state index contributed by atoms with van der Waals surface area (Å²) in [5.41, 5.74) is 0.561. The number of hydrogen-bond acceptors (Lipinski definition) is 5. The third-order valence-electron chi connectivity index (χ3n) is 4.65. The van der Waals surface area contributed by atoms with E-state index in [-0.39, 0.29) is 5.91 Å². The van der Waals surface area contributed by atoms with Crippen molar-refractivity contribution in [3.8, 4) is 11.6 Å². The van der Waals surface area contributed by atoms with Gasteiger partial charge in [0.15, 0.2) is 5.82 Å². The second-order valence-corrected chi connectivity index (χ2v) is 6.64. The fraction of sp³-hybridized carbons (Fsp3) is 0.174. The molecule has 0 radical (unpaired) electrons. The number of rotatable bonds is 8. The van der Waals surface area contributed by atoms with E-state index in [4.69, 9.17) is 4.74 Å². The second-order valence-electron chi connectivity index (χ2n) is 6.64. The maximum Gasteiger partial charge on any atom is 0.255 e. The van der Waals surface area contributed by atoms with Crippen LogP contribution in [0, 0.1) is 0 Å². The number of fused-ring (bicyclic) bond motifs is 1. The van der Waals surface area contributed by atoms with E-state index in [1.54, 1.807) is 0 Å². The number of amides is 1. The molecule has 0 spiro atoms. The first kappa shape index (κ1) is 19.4. The third kappa shape index (κ3) is 4.25. The number of nitrogens with one attached hydrogen (secondary N) is 2. The van der Waals surface area contributed by atoms with Crippen molar-refractivity contribution >= 4 is 22.5 Å². The van der Waals surface area contributed by atoms with Gasteiger partial charge in [0.2, 0.25) is 0 Å². The van der Waals surface area contributed by atoms with Crippen LogP contribution in [-0.2, 0) is 0 Å². The van der Waals surface area contributed by atoms with Gasteiger partial charge in [0.25, 0.3) is 5.91 Å². The minimum absolute atomic E-state index is 0.161. The molecule has 0 atom stereocenters. The third-order valence-corrected chi connectivity index (χ3v) is 4.65. The molecule has 2 N–H and O–H groups in total. The van der Waals surface area contributed by atoms with Crippen molar-refractivity contribution in [2.45, 2.75) is 6.92 Å². The van der Waals surface area contributed by atoms with Gasteiger partial charge < -0.3 is 19.9 Å². The quantitative estimate of drug-likeness (QED) is 0.441. The molecule has 0 bridgehead atoms. The molecule has 4 aromatic rings. The van der Waals surface area contributed by atoms with E-state index in [9.17, 15) is 4.79 Å². The number of nitrogens with zero attached hydrogens (tertiary/aromatic N) is 3. The maximum atomic E-state index is 12.9. The van der Waals surface area contributed by atoms with Crippen molar-refractivity contribution in [2.75, 3.05) is 25.0 Å². The zero-order valence-corrected chi connectivity index (χ0v) is 16.7. The lowest BCUT2D eigenvalue weighted by atomic mass is 10.0. The molecule has 0 aliphatic rings. The highest BCUT2D eigenvalue weighted by molar-refractivity contribution is 6.09. The lowest BCUT2D eigenvalue weighted by Gasteiger charge is -2.14. The van der Waals surface area contributed by atoms with Gasteiger partial charge in [-0.2, -0.15) is 0 Å². The minimum atomic E-state index is -0.161. The van der Waals surface area contributed by atoms with Crippen molar-refractivity contribution in [2.24, 2.45) is 0 Å². The molecule has 7 heteroatoms. The minimum Gasteiger partial charge on any atom is -0.493 e. The summed E-state index contributed by atoms with van der Waals surface area (Å²) in [5.74, 6) is 1.83. The lowest BCUT2D eigenvalue weighted by Crippen LogP contribution is -2.29. The first-order valence-electron chi connectivity index (χ1n) is 9.90. The fourth-order valence-corrected chi connectivity index (χ4v) is 3.26. The zero-order valence-electron chi connectivity index (χ0n) is 16.7. The number of carbonyl (C=O) groups is 1. The summed E-state index contributed by atoms with van der Waals surface area (Å²) in [6, 6.07) is 19.2. The molecule has 30 heavy (non-hydrogen) atoms. The van der Waals surface area contributed by atoms with Crippen LogP contribution in [0.15, 0.2) is 73.1 Å². The number of hydrogen-bond donors (Lipinski definition) is 2. The Morgan fingerprint density at radius 2 is 1.80 bits per heavy atom. The molecule has 0 saturated heterocycles. The van der Waals surface area contributed by atoms with Crippen molar-refractivity contribution in [3.05, 3.63) is 78.6 Å². The highest BCUT2D eigenvalue weighted by Gasteiger charge is 2.16. The van der Waals surface area contributed by atoms with Crippen LogP contribution in [0.4, 0.5) is 5.82 Å². The summed E-state index contributed by atoms with van der Waals surface area (Å²) in [6.45, 7) is 3.37. The van der Waals surface area contributed by atoms with E-state index in [2.05, 4.69) is 20.8 Å². The average Bonchev–Trinajstić information content (AvgIpc) is 3.32. The maximum absolute atomic E-state index is 12.9. The van der Waals surface area contributed by atoms with Crippen LogP contribution in [0.5, 0.6) is 5.75 Å². The Morgan fingerprint density at radius 3 is 2.57 bits per heavy atom. The topological polar surface area (TPSA) is 81.1 Å². The normalized spacial score (nSPS) is 10.7. The highest BCUT2D eigenvalue weighted by atomic mass is 16.5. The molecule has 0 saturated carbocycles. The van der Waals surface area contributed by atoms with Crippen LogP contribution in [0.1, 0.15) is 17.3 Å². The van der Waals surface area contributed by atoms with Gasteiger partial charge in [-0.25, -0.2) is 0 Å². The van der Waals surface area contributed by atoms with Gasteiger partial charge in [0.1, 0.15) is 11.6 Å². The molecular weight excluding hydrogens is 378 g/mol. The summed E-state index contributed by atoms with van der Waals surface area (Å²) >= 11 is 0. The molecular formula is C23H23N5O2. The highest BCUT2D eigenvalue weighted by Crippen LogP contribution is 2.28. The van der Waals surface area contributed by atoms with Gasteiger partial charge in [0.05, 0.1) is 12.2 Å². The molecule has 2 aromatic heterocycles. The summed E-state index contributed by atoms with van der Waals surface area (Å²) in [5, 5.41) is 16.4. The van der Waals surface area contributed by atoms with E-state index in [1.807, 2.05) is 84.5 Å².